The highest BCUT2D eigenvalue weighted by atomic mass is 16.5. The molecule has 4 unspecified atom stereocenters. The minimum atomic E-state index is -0.275. The molecular weight excluding hydrogens is 340 g/mol. The molecule has 4 nitrogen and oxygen atoms in total. The van der Waals surface area contributed by atoms with Gasteiger partial charge >= 0.3 is 11.9 Å². The third-order valence-electron chi connectivity index (χ3n) is 7.42. The van der Waals surface area contributed by atoms with Gasteiger partial charge in [0.2, 0.25) is 0 Å². The summed E-state index contributed by atoms with van der Waals surface area (Å²) in [5, 5.41) is 0. The number of ether oxygens (including phenoxy) is 2. The molecule has 1 saturated carbocycles. The van der Waals surface area contributed by atoms with Crippen LogP contribution in [0.5, 0.6) is 0 Å². The van der Waals surface area contributed by atoms with Crippen molar-refractivity contribution in [1.82, 2.24) is 0 Å². The molecule has 0 radical (unpaired) electrons. The summed E-state index contributed by atoms with van der Waals surface area (Å²) in [6.45, 7) is 11.1. The first-order valence-corrected chi connectivity index (χ1v) is 10.2. The second-order valence-electron chi connectivity index (χ2n) is 9.02. The number of hydrogen-bond donors (Lipinski definition) is 0. The van der Waals surface area contributed by atoms with Crippen LogP contribution in [-0.4, -0.2) is 25.7 Å². The zero-order valence-corrected chi connectivity index (χ0v) is 17.9. The van der Waals surface area contributed by atoms with Gasteiger partial charge in [0.1, 0.15) is 6.61 Å². The van der Waals surface area contributed by atoms with E-state index in [1.165, 1.54) is 32.4 Å². The second-order valence-corrected chi connectivity index (χ2v) is 9.02. The van der Waals surface area contributed by atoms with Crippen molar-refractivity contribution in [2.45, 2.75) is 73.1 Å². The normalized spacial score (nSPS) is 33.7. The van der Waals surface area contributed by atoms with Gasteiger partial charge in [-0.3, -0.25) is 4.79 Å². The van der Waals surface area contributed by atoms with Gasteiger partial charge in [0, 0.05) is 13.0 Å². The van der Waals surface area contributed by atoms with E-state index >= 15 is 0 Å². The van der Waals surface area contributed by atoms with Crippen molar-refractivity contribution in [3.63, 3.8) is 0 Å². The van der Waals surface area contributed by atoms with Gasteiger partial charge in [0.25, 0.3) is 0 Å². The molecule has 2 rings (SSSR count). The molecular formula is C23H36O4. The van der Waals surface area contributed by atoms with Gasteiger partial charge in [-0.25, -0.2) is 4.79 Å². The quantitative estimate of drug-likeness (QED) is 0.362. The van der Waals surface area contributed by atoms with Crippen LogP contribution in [0.25, 0.3) is 0 Å². The lowest BCUT2D eigenvalue weighted by molar-refractivity contribution is -0.141. The van der Waals surface area contributed by atoms with E-state index in [2.05, 4.69) is 26.8 Å². The van der Waals surface area contributed by atoms with Crippen LogP contribution in [0.2, 0.25) is 0 Å². The summed E-state index contributed by atoms with van der Waals surface area (Å²) in [7, 11) is 1.42. The van der Waals surface area contributed by atoms with Crippen LogP contribution in [0, 0.1) is 22.7 Å². The summed E-state index contributed by atoms with van der Waals surface area (Å²) in [5.74, 6) is 0.713. The van der Waals surface area contributed by atoms with Gasteiger partial charge < -0.3 is 9.47 Å². The minimum absolute atomic E-state index is 0.0922. The van der Waals surface area contributed by atoms with E-state index in [0.717, 1.165) is 31.3 Å². The molecule has 0 aliphatic heterocycles. The fraction of sp³-hybridized carbons (Fsp3) is 0.739. The number of methoxy groups -OCH3 is 1. The maximum atomic E-state index is 11.5. The summed E-state index contributed by atoms with van der Waals surface area (Å²) in [6.07, 6.45) is 10.5. The number of carbonyl (C=O) groups is 2. The second kappa shape index (κ2) is 8.62. The van der Waals surface area contributed by atoms with Gasteiger partial charge in [-0.05, 0) is 73.7 Å². The third kappa shape index (κ3) is 4.64. The Bertz CT molecular complexity index is 632. The van der Waals surface area contributed by atoms with Crippen molar-refractivity contribution in [1.29, 1.82) is 0 Å². The molecule has 0 saturated heterocycles. The van der Waals surface area contributed by atoms with Crippen LogP contribution in [-0.2, 0) is 19.1 Å². The van der Waals surface area contributed by atoms with Crippen molar-refractivity contribution in [3.8, 4) is 0 Å². The summed E-state index contributed by atoms with van der Waals surface area (Å²) in [4.78, 5) is 22.8. The molecule has 4 heteroatoms. The first-order chi connectivity index (χ1) is 12.6. The Hall–Kier alpha value is -1.58. The van der Waals surface area contributed by atoms with Crippen LogP contribution in [0.1, 0.15) is 73.1 Å². The Morgan fingerprint density at radius 2 is 1.96 bits per heavy atom. The SMILES string of the molecule is COC(=O)C=C(C)CCC1(C)C(C)CCC2(C)C(COC(C)=O)=CCCC21. The van der Waals surface area contributed by atoms with Crippen LogP contribution in [0.4, 0.5) is 0 Å². The molecule has 152 valence electrons. The average molecular weight is 377 g/mol. The number of esters is 2. The lowest BCUT2D eigenvalue weighted by Crippen LogP contribution is -2.50. The molecule has 2 aliphatic carbocycles. The molecule has 0 spiro atoms. The summed E-state index contributed by atoms with van der Waals surface area (Å²) in [5.41, 5.74) is 2.67. The van der Waals surface area contributed by atoms with Crippen molar-refractivity contribution in [3.05, 3.63) is 23.3 Å². The van der Waals surface area contributed by atoms with E-state index in [1.807, 2.05) is 6.92 Å². The van der Waals surface area contributed by atoms with Crippen LogP contribution in [0.15, 0.2) is 23.3 Å². The van der Waals surface area contributed by atoms with Crippen molar-refractivity contribution in [2.24, 2.45) is 22.7 Å². The maximum Gasteiger partial charge on any atom is 0.330 e. The molecule has 0 heterocycles. The Kier molecular flexibility index (Phi) is 6.93. The summed E-state index contributed by atoms with van der Waals surface area (Å²) >= 11 is 0. The van der Waals surface area contributed by atoms with E-state index in [0.29, 0.717) is 18.4 Å². The highest BCUT2D eigenvalue weighted by Gasteiger charge is 2.53. The Morgan fingerprint density at radius 3 is 2.59 bits per heavy atom. The lowest BCUT2D eigenvalue weighted by Gasteiger charge is -2.58. The summed E-state index contributed by atoms with van der Waals surface area (Å²) in [6, 6.07) is 0. The van der Waals surface area contributed by atoms with E-state index in [4.69, 9.17) is 9.47 Å². The molecule has 0 aromatic rings. The van der Waals surface area contributed by atoms with Crippen molar-refractivity contribution in [2.75, 3.05) is 13.7 Å². The van der Waals surface area contributed by atoms with Crippen LogP contribution < -0.4 is 0 Å². The molecule has 4 atom stereocenters. The molecule has 1 fully saturated rings. The van der Waals surface area contributed by atoms with Crippen LogP contribution in [0.3, 0.4) is 0 Å². The number of hydrogen-bond acceptors (Lipinski definition) is 4. The van der Waals surface area contributed by atoms with E-state index in [1.54, 1.807) is 6.08 Å². The third-order valence-corrected chi connectivity index (χ3v) is 7.42. The fourth-order valence-electron chi connectivity index (χ4n) is 5.40. The molecule has 0 N–H and O–H groups in total. The molecule has 27 heavy (non-hydrogen) atoms. The highest BCUT2D eigenvalue weighted by Crippen LogP contribution is 2.62. The predicted molar refractivity (Wildman–Crippen MR) is 107 cm³/mol. The summed E-state index contributed by atoms with van der Waals surface area (Å²) < 4.78 is 10.1. The first kappa shape index (κ1) is 21.7. The van der Waals surface area contributed by atoms with Crippen LogP contribution >= 0.6 is 0 Å². The lowest BCUT2D eigenvalue weighted by atomic mass is 9.47. The number of rotatable bonds is 6. The standard InChI is InChI=1S/C23H36O4/c1-16(14-21(25)26-6)10-12-22(4)17(2)11-13-23(5)19(15-27-18(3)24)8-7-9-20(22)23/h8,14,17,20H,7,9-13,15H2,1-6H3. The first-order valence-electron chi connectivity index (χ1n) is 10.2. The van der Waals surface area contributed by atoms with E-state index in [-0.39, 0.29) is 22.8 Å². The molecule has 0 amide bonds. The number of allylic oxidation sites excluding steroid dienone is 2. The van der Waals surface area contributed by atoms with Gasteiger partial charge in [-0.1, -0.05) is 32.4 Å². The highest BCUT2D eigenvalue weighted by molar-refractivity contribution is 5.82. The van der Waals surface area contributed by atoms with Gasteiger partial charge in [-0.15, -0.1) is 0 Å². The monoisotopic (exact) mass is 376 g/mol. The molecule has 0 aromatic heterocycles. The topological polar surface area (TPSA) is 52.6 Å². The van der Waals surface area contributed by atoms with Crippen molar-refractivity contribution >= 4 is 11.9 Å². The molecule has 0 bridgehead atoms. The van der Waals surface area contributed by atoms with E-state index in [9.17, 15) is 9.59 Å². The molecule has 0 aromatic carbocycles. The average Bonchev–Trinajstić information content (AvgIpc) is 2.62. The van der Waals surface area contributed by atoms with Gasteiger partial charge in [0.05, 0.1) is 7.11 Å². The molecule has 2 aliphatic rings. The fourth-order valence-corrected chi connectivity index (χ4v) is 5.40. The smallest absolute Gasteiger partial charge is 0.330 e. The largest absolute Gasteiger partial charge is 0.466 e. The van der Waals surface area contributed by atoms with Gasteiger partial charge in [0.15, 0.2) is 0 Å². The van der Waals surface area contributed by atoms with E-state index < -0.39 is 0 Å². The van der Waals surface area contributed by atoms with Gasteiger partial charge in [-0.2, -0.15) is 0 Å². The Morgan fingerprint density at radius 1 is 1.26 bits per heavy atom. The maximum absolute atomic E-state index is 11.5. The minimum Gasteiger partial charge on any atom is -0.466 e. The Labute approximate surface area is 164 Å². The van der Waals surface area contributed by atoms with Crippen molar-refractivity contribution < 1.29 is 19.1 Å². The predicted octanol–water partition coefficient (Wildman–Crippen LogP) is 5.23. The number of carbonyl (C=O) groups excluding carboxylic acids is 2. The zero-order valence-electron chi connectivity index (χ0n) is 17.9. The number of fused-ring (bicyclic) bond motifs is 1. The zero-order chi connectivity index (χ0) is 20.2. The Balaban J connectivity index is 2.21.